The van der Waals surface area contributed by atoms with E-state index in [1.807, 2.05) is 13.3 Å². The van der Waals surface area contributed by atoms with Crippen LogP contribution in [0.4, 0.5) is 0 Å². The highest BCUT2D eigenvalue weighted by atomic mass is 14.6. The van der Waals surface area contributed by atoms with Gasteiger partial charge in [0.2, 0.25) is 0 Å². The minimum absolute atomic E-state index is 0.303. The third-order valence-electron chi connectivity index (χ3n) is 4.11. The molecule has 0 aliphatic heterocycles. The monoisotopic (exact) mass is 277 g/mol. The Bertz CT molecular complexity index is 312. The largest absolute Gasteiger partial charge is 0.297 e. The lowest BCUT2D eigenvalue weighted by Gasteiger charge is -2.31. The Kier molecular flexibility index (Phi) is 11.4. The highest BCUT2D eigenvalue weighted by Gasteiger charge is 2.26. The molecular weight excluding hydrogens is 242 g/mol. The number of rotatable bonds is 11. The lowest BCUT2D eigenvalue weighted by Crippen LogP contribution is -2.19. The van der Waals surface area contributed by atoms with Crippen molar-refractivity contribution in [3.8, 4) is 0 Å². The van der Waals surface area contributed by atoms with Crippen LogP contribution < -0.4 is 0 Å². The number of nitrogens with zero attached hydrogens (tertiary/aromatic N) is 1. The summed E-state index contributed by atoms with van der Waals surface area (Å²) < 4.78 is 0. The van der Waals surface area contributed by atoms with E-state index in [1.165, 1.54) is 56.9 Å². The molecule has 0 amide bonds. The minimum Gasteiger partial charge on any atom is -0.297 e. The fourth-order valence-electron chi connectivity index (χ4n) is 2.71. The molecule has 0 N–H and O–H groups in total. The number of aliphatic imine (C=N–C) groups is 1. The zero-order chi connectivity index (χ0) is 15.3. The third kappa shape index (κ3) is 7.67. The molecule has 0 saturated carbocycles. The first-order chi connectivity index (χ1) is 9.64. The normalized spacial score (nSPS) is 16.1. The van der Waals surface area contributed by atoms with Crippen molar-refractivity contribution >= 4 is 6.21 Å². The molecule has 1 unspecified atom stereocenters. The molecule has 1 atom stereocenters. The van der Waals surface area contributed by atoms with Gasteiger partial charge in [-0.1, -0.05) is 71.4 Å². The molecule has 0 aromatic carbocycles. The molecule has 0 aromatic rings. The second kappa shape index (κ2) is 11.9. The molecule has 0 aromatic heterocycles. The van der Waals surface area contributed by atoms with Crippen LogP contribution in [0, 0.1) is 5.41 Å². The molecule has 0 rings (SSSR count). The molecule has 1 nitrogen and oxygen atoms in total. The van der Waals surface area contributed by atoms with Gasteiger partial charge in [0.15, 0.2) is 0 Å². The van der Waals surface area contributed by atoms with Crippen LogP contribution >= 0.6 is 0 Å². The van der Waals surface area contributed by atoms with Crippen LogP contribution in [0.5, 0.6) is 0 Å². The van der Waals surface area contributed by atoms with Gasteiger partial charge >= 0.3 is 0 Å². The fraction of sp³-hybridized carbons (Fsp3) is 0.737. The Labute approximate surface area is 127 Å². The Morgan fingerprint density at radius 2 is 1.65 bits per heavy atom. The van der Waals surface area contributed by atoms with Crippen molar-refractivity contribution in [3.05, 3.63) is 23.8 Å². The molecule has 0 aliphatic carbocycles. The summed E-state index contributed by atoms with van der Waals surface area (Å²) in [6.45, 7) is 9.10. The average Bonchev–Trinajstić information content (AvgIpc) is 2.46. The summed E-state index contributed by atoms with van der Waals surface area (Å²) in [4.78, 5) is 4.13. The smallest absolute Gasteiger partial charge is 0.0277 e. The van der Waals surface area contributed by atoms with Crippen molar-refractivity contribution in [2.75, 3.05) is 7.05 Å². The fourth-order valence-corrected chi connectivity index (χ4v) is 2.71. The standard InChI is InChI=1S/C19H35N/c1-6-9-11-12-16-19(4,15-10-7-2)18(13-8-3)14-17-20-5/h8,13-14,17H,6-7,9-12,15-16H2,1-5H3/b13-8-,18-14+,20-17-. The summed E-state index contributed by atoms with van der Waals surface area (Å²) in [6, 6.07) is 0. The summed E-state index contributed by atoms with van der Waals surface area (Å²) in [5.41, 5.74) is 1.74. The lowest BCUT2D eigenvalue weighted by atomic mass is 9.73. The lowest BCUT2D eigenvalue weighted by molar-refractivity contribution is 0.318. The highest BCUT2D eigenvalue weighted by molar-refractivity contribution is 5.73. The molecule has 20 heavy (non-hydrogen) atoms. The first kappa shape index (κ1) is 19.1. The summed E-state index contributed by atoms with van der Waals surface area (Å²) in [5.74, 6) is 0. The van der Waals surface area contributed by atoms with E-state index in [4.69, 9.17) is 0 Å². The van der Waals surface area contributed by atoms with Crippen molar-refractivity contribution in [2.24, 2.45) is 10.4 Å². The number of hydrogen-bond acceptors (Lipinski definition) is 1. The van der Waals surface area contributed by atoms with E-state index >= 15 is 0 Å². The second-order valence-corrected chi connectivity index (χ2v) is 6.00. The van der Waals surface area contributed by atoms with Gasteiger partial charge in [-0.25, -0.2) is 0 Å². The zero-order valence-electron chi connectivity index (χ0n) is 14.4. The van der Waals surface area contributed by atoms with Gasteiger partial charge in [0.1, 0.15) is 0 Å². The summed E-state index contributed by atoms with van der Waals surface area (Å²) in [5, 5.41) is 0. The molecular formula is C19H35N. The van der Waals surface area contributed by atoms with E-state index in [0.29, 0.717) is 5.41 Å². The highest BCUT2D eigenvalue weighted by Crippen LogP contribution is 2.39. The van der Waals surface area contributed by atoms with Gasteiger partial charge in [0.05, 0.1) is 0 Å². The van der Waals surface area contributed by atoms with Crippen LogP contribution in [0.3, 0.4) is 0 Å². The first-order valence-corrected chi connectivity index (χ1v) is 8.40. The summed E-state index contributed by atoms with van der Waals surface area (Å²) in [7, 11) is 1.84. The van der Waals surface area contributed by atoms with E-state index in [2.05, 4.69) is 50.9 Å². The molecule has 0 fully saturated rings. The first-order valence-electron chi connectivity index (χ1n) is 8.40. The SMILES string of the molecule is C\C=C/C(=C\C=N/C)C(C)(CCCC)CCCCCC. The molecule has 0 aliphatic rings. The third-order valence-corrected chi connectivity index (χ3v) is 4.11. The quantitative estimate of drug-likeness (QED) is 0.237. The maximum absolute atomic E-state index is 4.13. The molecule has 0 spiro atoms. The molecule has 0 saturated heterocycles. The molecule has 1 heteroatoms. The van der Waals surface area contributed by atoms with Gasteiger partial charge < -0.3 is 0 Å². The van der Waals surface area contributed by atoms with Gasteiger partial charge in [-0.2, -0.15) is 0 Å². The molecule has 0 radical (unpaired) electrons. The van der Waals surface area contributed by atoms with Crippen LogP contribution in [-0.2, 0) is 0 Å². The van der Waals surface area contributed by atoms with Gasteiger partial charge in [-0.15, -0.1) is 0 Å². The van der Waals surface area contributed by atoms with Crippen LogP contribution in [0.15, 0.2) is 28.8 Å². The number of allylic oxidation sites excluding steroid dienone is 4. The second-order valence-electron chi connectivity index (χ2n) is 6.00. The van der Waals surface area contributed by atoms with Crippen LogP contribution in [0.2, 0.25) is 0 Å². The van der Waals surface area contributed by atoms with E-state index in [1.54, 1.807) is 0 Å². The van der Waals surface area contributed by atoms with Crippen LogP contribution in [-0.4, -0.2) is 13.3 Å². The topological polar surface area (TPSA) is 12.4 Å². The summed E-state index contributed by atoms with van der Waals surface area (Å²) in [6.07, 6.45) is 19.1. The van der Waals surface area contributed by atoms with Crippen LogP contribution in [0.25, 0.3) is 0 Å². The Balaban J connectivity index is 4.93. The molecule has 116 valence electrons. The van der Waals surface area contributed by atoms with E-state index in [0.717, 1.165) is 0 Å². The van der Waals surface area contributed by atoms with E-state index in [9.17, 15) is 0 Å². The molecule has 0 bridgehead atoms. The van der Waals surface area contributed by atoms with Crippen molar-refractivity contribution < 1.29 is 0 Å². The summed E-state index contributed by atoms with van der Waals surface area (Å²) >= 11 is 0. The maximum Gasteiger partial charge on any atom is 0.0277 e. The van der Waals surface area contributed by atoms with Crippen molar-refractivity contribution in [1.82, 2.24) is 0 Å². The Hall–Kier alpha value is -0.850. The van der Waals surface area contributed by atoms with Gasteiger partial charge in [0, 0.05) is 13.3 Å². The van der Waals surface area contributed by atoms with E-state index < -0.39 is 0 Å². The van der Waals surface area contributed by atoms with Crippen molar-refractivity contribution in [2.45, 2.75) is 79.1 Å². The molecule has 0 heterocycles. The van der Waals surface area contributed by atoms with Gasteiger partial charge in [0.25, 0.3) is 0 Å². The maximum atomic E-state index is 4.13. The predicted octanol–water partition coefficient (Wildman–Crippen LogP) is 6.36. The van der Waals surface area contributed by atoms with E-state index in [-0.39, 0.29) is 0 Å². The van der Waals surface area contributed by atoms with Gasteiger partial charge in [-0.3, -0.25) is 4.99 Å². The zero-order valence-corrected chi connectivity index (χ0v) is 14.4. The Morgan fingerprint density at radius 1 is 1.00 bits per heavy atom. The minimum atomic E-state index is 0.303. The number of unbranched alkanes of at least 4 members (excludes halogenated alkanes) is 4. The van der Waals surface area contributed by atoms with Gasteiger partial charge in [-0.05, 0) is 36.8 Å². The predicted molar refractivity (Wildman–Crippen MR) is 93.7 cm³/mol. The van der Waals surface area contributed by atoms with Crippen molar-refractivity contribution in [1.29, 1.82) is 0 Å². The Morgan fingerprint density at radius 3 is 2.20 bits per heavy atom. The van der Waals surface area contributed by atoms with Crippen LogP contribution in [0.1, 0.15) is 79.1 Å². The average molecular weight is 277 g/mol. The van der Waals surface area contributed by atoms with Crippen molar-refractivity contribution in [3.63, 3.8) is 0 Å². The number of hydrogen-bond donors (Lipinski definition) is 0.